The van der Waals surface area contributed by atoms with E-state index in [1.807, 2.05) is 4.90 Å². The van der Waals surface area contributed by atoms with Gasteiger partial charge in [0.25, 0.3) is 5.91 Å². The van der Waals surface area contributed by atoms with Gasteiger partial charge in [0, 0.05) is 44.2 Å². The molecule has 2 N–H and O–H groups in total. The van der Waals surface area contributed by atoms with E-state index in [2.05, 4.69) is 15.6 Å². The first-order valence-corrected chi connectivity index (χ1v) is 9.94. The van der Waals surface area contributed by atoms with Crippen LogP contribution >= 0.6 is 11.6 Å². The van der Waals surface area contributed by atoms with Crippen molar-refractivity contribution in [1.29, 1.82) is 0 Å². The lowest BCUT2D eigenvalue weighted by Crippen LogP contribution is -2.59. The van der Waals surface area contributed by atoms with Crippen LogP contribution < -0.4 is 10.6 Å². The molecule has 1 aliphatic carbocycles. The SMILES string of the molecule is CNC(=O)N1CC2(CCC(c3ncn(C)c3C(=O)Nc3ccc(F)c(Cl)c3)C2)C1. The van der Waals surface area contributed by atoms with Crippen molar-refractivity contribution in [2.45, 2.75) is 25.2 Å². The van der Waals surface area contributed by atoms with Crippen LogP contribution in [0.4, 0.5) is 14.9 Å². The van der Waals surface area contributed by atoms with Gasteiger partial charge in [-0.25, -0.2) is 14.2 Å². The Kier molecular flexibility index (Phi) is 4.98. The third kappa shape index (κ3) is 3.57. The lowest BCUT2D eigenvalue weighted by Gasteiger charge is -2.48. The summed E-state index contributed by atoms with van der Waals surface area (Å²) in [6.07, 6.45) is 4.49. The Hall–Kier alpha value is -2.61. The van der Waals surface area contributed by atoms with Crippen LogP contribution in [0.15, 0.2) is 24.5 Å². The topological polar surface area (TPSA) is 79.3 Å². The summed E-state index contributed by atoms with van der Waals surface area (Å²) in [5.74, 6) is -0.668. The van der Waals surface area contributed by atoms with E-state index in [9.17, 15) is 14.0 Å². The van der Waals surface area contributed by atoms with E-state index >= 15 is 0 Å². The Balaban J connectivity index is 1.49. The van der Waals surface area contributed by atoms with Crippen LogP contribution in [0, 0.1) is 11.2 Å². The fourth-order valence-electron chi connectivity index (χ4n) is 4.58. The molecule has 2 fully saturated rings. The fraction of sp³-hybridized carbons (Fsp3) is 0.450. The highest BCUT2D eigenvalue weighted by atomic mass is 35.5. The lowest BCUT2D eigenvalue weighted by molar-refractivity contribution is 0.0366. The Bertz CT molecular complexity index is 970. The van der Waals surface area contributed by atoms with Gasteiger partial charge in [0.05, 0.1) is 17.0 Å². The van der Waals surface area contributed by atoms with E-state index < -0.39 is 5.82 Å². The number of anilines is 1. The number of nitrogens with one attached hydrogen (secondary N) is 2. The highest BCUT2D eigenvalue weighted by molar-refractivity contribution is 6.31. The monoisotopic (exact) mass is 419 g/mol. The van der Waals surface area contributed by atoms with Gasteiger partial charge < -0.3 is 20.1 Å². The predicted molar refractivity (Wildman–Crippen MR) is 108 cm³/mol. The second kappa shape index (κ2) is 7.33. The average molecular weight is 420 g/mol. The van der Waals surface area contributed by atoms with Crippen molar-refractivity contribution >= 4 is 29.2 Å². The Morgan fingerprint density at radius 1 is 1.34 bits per heavy atom. The molecule has 29 heavy (non-hydrogen) atoms. The molecule has 1 aromatic heterocycles. The van der Waals surface area contributed by atoms with E-state index in [1.165, 1.54) is 18.2 Å². The molecule has 0 radical (unpaired) electrons. The summed E-state index contributed by atoms with van der Waals surface area (Å²) in [5, 5.41) is 5.40. The quantitative estimate of drug-likeness (QED) is 0.800. The van der Waals surface area contributed by atoms with Crippen molar-refractivity contribution in [3.8, 4) is 0 Å². The smallest absolute Gasteiger partial charge is 0.317 e. The lowest BCUT2D eigenvalue weighted by atomic mass is 9.77. The van der Waals surface area contributed by atoms with Crippen molar-refractivity contribution in [2.24, 2.45) is 12.5 Å². The van der Waals surface area contributed by atoms with Gasteiger partial charge in [-0.2, -0.15) is 0 Å². The summed E-state index contributed by atoms with van der Waals surface area (Å²) in [7, 11) is 3.42. The number of amides is 3. The third-order valence-corrected chi connectivity index (χ3v) is 6.29. The first-order valence-electron chi connectivity index (χ1n) is 9.56. The molecule has 1 saturated carbocycles. The Morgan fingerprint density at radius 2 is 2.10 bits per heavy atom. The van der Waals surface area contributed by atoms with E-state index in [4.69, 9.17) is 11.6 Å². The maximum Gasteiger partial charge on any atom is 0.317 e. The maximum atomic E-state index is 13.4. The number of carbonyl (C=O) groups excluding carboxylic acids is 2. The number of likely N-dealkylation sites (tertiary alicyclic amines) is 1. The minimum atomic E-state index is -0.534. The number of urea groups is 1. The van der Waals surface area contributed by atoms with Gasteiger partial charge in [0.2, 0.25) is 0 Å². The van der Waals surface area contributed by atoms with Crippen LogP contribution in [-0.4, -0.2) is 46.5 Å². The summed E-state index contributed by atoms with van der Waals surface area (Å²) in [5.41, 5.74) is 1.81. The summed E-state index contributed by atoms with van der Waals surface area (Å²) < 4.78 is 15.1. The number of nitrogens with zero attached hydrogens (tertiary/aromatic N) is 3. The molecule has 1 aliphatic heterocycles. The number of aryl methyl sites for hydroxylation is 1. The van der Waals surface area contributed by atoms with Crippen molar-refractivity contribution in [3.63, 3.8) is 0 Å². The van der Waals surface area contributed by atoms with Gasteiger partial charge in [-0.3, -0.25) is 4.79 Å². The molecule has 1 spiro atoms. The number of imidazole rings is 1. The van der Waals surface area contributed by atoms with Crippen LogP contribution in [0.5, 0.6) is 0 Å². The minimum absolute atomic E-state index is 0.0450. The minimum Gasteiger partial charge on any atom is -0.341 e. The van der Waals surface area contributed by atoms with Crippen LogP contribution in [0.1, 0.15) is 41.4 Å². The van der Waals surface area contributed by atoms with Crippen LogP contribution in [0.3, 0.4) is 0 Å². The molecule has 1 atom stereocenters. The molecule has 3 amide bonds. The van der Waals surface area contributed by atoms with Crippen molar-refractivity contribution < 1.29 is 14.0 Å². The number of aromatic nitrogens is 2. The summed E-state index contributed by atoms with van der Waals surface area (Å²) in [6.45, 7) is 1.48. The number of rotatable bonds is 3. The number of hydrogen-bond donors (Lipinski definition) is 2. The van der Waals surface area contributed by atoms with Crippen LogP contribution in [0.2, 0.25) is 5.02 Å². The molecule has 4 rings (SSSR count). The van der Waals surface area contributed by atoms with Gasteiger partial charge >= 0.3 is 6.03 Å². The highest BCUT2D eigenvalue weighted by Gasteiger charge is 2.50. The first-order chi connectivity index (χ1) is 13.8. The fourth-order valence-corrected chi connectivity index (χ4v) is 4.76. The van der Waals surface area contributed by atoms with Gasteiger partial charge in [-0.15, -0.1) is 0 Å². The van der Waals surface area contributed by atoms with E-state index in [1.54, 1.807) is 25.0 Å². The zero-order valence-corrected chi connectivity index (χ0v) is 17.1. The largest absolute Gasteiger partial charge is 0.341 e. The molecule has 2 aliphatic rings. The second-order valence-electron chi connectivity index (χ2n) is 8.02. The molecule has 2 heterocycles. The zero-order chi connectivity index (χ0) is 20.8. The molecule has 1 unspecified atom stereocenters. The molecular weight excluding hydrogens is 397 g/mol. The van der Waals surface area contributed by atoms with Crippen molar-refractivity contribution in [1.82, 2.24) is 19.8 Å². The molecule has 1 saturated heterocycles. The van der Waals surface area contributed by atoms with Gasteiger partial charge in [-0.05, 0) is 37.5 Å². The van der Waals surface area contributed by atoms with Crippen molar-refractivity contribution in [3.05, 3.63) is 46.8 Å². The summed E-state index contributed by atoms with van der Waals surface area (Å²) in [6, 6.07) is 4.03. The molecular formula is C20H23ClFN5O2. The summed E-state index contributed by atoms with van der Waals surface area (Å²) in [4.78, 5) is 31.0. The molecule has 1 aromatic carbocycles. The van der Waals surface area contributed by atoms with E-state index in [0.717, 1.165) is 38.0 Å². The number of carbonyl (C=O) groups is 2. The molecule has 7 nitrogen and oxygen atoms in total. The molecule has 0 bridgehead atoms. The second-order valence-corrected chi connectivity index (χ2v) is 8.43. The molecule has 2 aromatic rings. The van der Waals surface area contributed by atoms with Crippen molar-refractivity contribution in [2.75, 3.05) is 25.5 Å². The standard InChI is InChI=1S/C20H23ClFN5O2/c1-23-19(29)27-9-20(10-27)6-5-12(8-20)16-17(26(2)11-24-16)18(28)25-13-3-4-15(22)14(21)7-13/h3-4,7,11-12H,5-6,8-10H2,1-2H3,(H,23,29)(H,25,28). The van der Waals surface area contributed by atoms with E-state index in [0.29, 0.717) is 11.4 Å². The van der Waals surface area contributed by atoms with E-state index in [-0.39, 0.29) is 28.3 Å². The Labute approximate surface area is 173 Å². The summed E-state index contributed by atoms with van der Waals surface area (Å²) >= 11 is 5.81. The molecule has 154 valence electrons. The highest BCUT2D eigenvalue weighted by Crippen LogP contribution is 2.51. The normalized spacial score (nSPS) is 19.9. The molecule has 9 heteroatoms. The number of halogens is 2. The first kappa shape index (κ1) is 19.7. The van der Waals surface area contributed by atoms with Crippen LogP contribution in [0.25, 0.3) is 0 Å². The van der Waals surface area contributed by atoms with Gasteiger partial charge in [-0.1, -0.05) is 11.6 Å². The van der Waals surface area contributed by atoms with Crippen LogP contribution in [-0.2, 0) is 7.05 Å². The maximum absolute atomic E-state index is 13.4. The number of benzene rings is 1. The Morgan fingerprint density at radius 3 is 2.79 bits per heavy atom. The predicted octanol–water partition coefficient (Wildman–Crippen LogP) is 3.37. The van der Waals surface area contributed by atoms with Gasteiger partial charge in [0.15, 0.2) is 0 Å². The average Bonchev–Trinajstić information content (AvgIpc) is 3.27. The van der Waals surface area contributed by atoms with Gasteiger partial charge in [0.1, 0.15) is 11.5 Å². The zero-order valence-electron chi connectivity index (χ0n) is 16.3. The number of hydrogen-bond acceptors (Lipinski definition) is 3. The third-order valence-electron chi connectivity index (χ3n) is 6.00.